The number of hydrogen-bond donors (Lipinski definition) is 1. The lowest BCUT2D eigenvalue weighted by Crippen LogP contribution is -2.65. The molecule has 3 saturated heterocycles. The van der Waals surface area contributed by atoms with Crippen molar-refractivity contribution < 1.29 is 4.79 Å². The number of benzene rings is 1. The molecule has 2 unspecified atom stereocenters. The van der Waals surface area contributed by atoms with Crippen molar-refractivity contribution in [2.24, 2.45) is 22.7 Å². The van der Waals surface area contributed by atoms with Crippen LogP contribution in [0.3, 0.4) is 0 Å². The number of nitrogens with zero attached hydrogens (tertiary/aromatic N) is 1. The van der Waals surface area contributed by atoms with Crippen LogP contribution in [0.2, 0.25) is 0 Å². The van der Waals surface area contributed by atoms with Gasteiger partial charge < -0.3 is 10.2 Å². The van der Waals surface area contributed by atoms with Crippen LogP contribution < -0.4 is 5.32 Å². The molecule has 6 bridgehead atoms. The zero-order valence-corrected chi connectivity index (χ0v) is 18.7. The fourth-order valence-electron chi connectivity index (χ4n) is 9.26. The summed E-state index contributed by atoms with van der Waals surface area (Å²) >= 11 is 0. The Kier molecular flexibility index (Phi) is 4.40. The number of rotatable bonds is 5. The third-order valence-electron chi connectivity index (χ3n) is 9.80. The predicted molar refractivity (Wildman–Crippen MR) is 120 cm³/mol. The molecular weight excluding hydrogens is 368 g/mol. The second-order valence-electron chi connectivity index (χ2n) is 11.9. The van der Waals surface area contributed by atoms with Crippen LogP contribution in [0.4, 0.5) is 0 Å². The Labute approximate surface area is 182 Å². The number of amides is 1. The maximum Gasteiger partial charge on any atom is 0.226 e. The molecule has 0 aromatic heterocycles. The number of hydrogen-bond acceptors (Lipinski definition) is 2. The van der Waals surface area contributed by atoms with Gasteiger partial charge in [0.2, 0.25) is 5.91 Å². The largest absolute Gasteiger partial charge is 0.351 e. The van der Waals surface area contributed by atoms with Gasteiger partial charge in [-0.15, -0.1) is 0 Å². The van der Waals surface area contributed by atoms with Crippen LogP contribution in [-0.2, 0) is 10.2 Å². The summed E-state index contributed by atoms with van der Waals surface area (Å²) in [4.78, 5) is 16.6. The fraction of sp³-hybridized carbons (Fsp3) is 0.741. The summed E-state index contributed by atoms with van der Waals surface area (Å²) in [6.45, 7) is 5.90. The first-order valence-corrected chi connectivity index (χ1v) is 12.6. The number of piperidine rings is 3. The Morgan fingerprint density at radius 2 is 1.87 bits per heavy atom. The fourth-order valence-corrected chi connectivity index (χ4v) is 9.26. The number of carbonyl (C=O) groups is 1. The van der Waals surface area contributed by atoms with E-state index in [1.54, 1.807) is 0 Å². The van der Waals surface area contributed by atoms with E-state index in [-0.39, 0.29) is 10.8 Å². The zero-order chi connectivity index (χ0) is 20.4. The van der Waals surface area contributed by atoms with Gasteiger partial charge in [0, 0.05) is 12.6 Å². The van der Waals surface area contributed by atoms with Crippen molar-refractivity contribution in [3.63, 3.8) is 0 Å². The molecule has 1 aromatic carbocycles. The van der Waals surface area contributed by atoms with Crippen LogP contribution in [0.1, 0.15) is 76.7 Å². The molecule has 30 heavy (non-hydrogen) atoms. The van der Waals surface area contributed by atoms with Gasteiger partial charge in [0.05, 0.1) is 5.41 Å². The van der Waals surface area contributed by atoms with Gasteiger partial charge in [0.1, 0.15) is 0 Å². The highest BCUT2D eigenvalue weighted by Crippen LogP contribution is 2.71. The molecule has 8 rings (SSSR count). The van der Waals surface area contributed by atoms with Crippen molar-refractivity contribution in [3.05, 3.63) is 35.9 Å². The molecule has 3 aliphatic heterocycles. The second-order valence-corrected chi connectivity index (χ2v) is 11.9. The van der Waals surface area contributed by atoms with Crippen LogP contribution in [0.15, 0.2) is 30.3 Å². The first-order valence-electron chi connectivity index (χ1n) is 12.6. The molecule has 4 aliphatic carbocycles. The van der Waals surface area contributed by atoms with Gasteiger partial charge in [-0.25, -0.2) is 0 Å². The summed E-state index contributed by atoms with van der Waals surface area (Å²) in [5, 5.41) is 3.65. The highest BCUT2D eigenvalue weighted by molar-refractivity contribution is 5.84. The van der Waals surface area contributed by atoms with Gasteiger partial charge in [-0.05, 0) is 99.1 Å². The minimum atomic E-state index is -0.129. The van der Waals surface area contributed by atoms with Crippen LogP contribution in [-0.4, -0.2) is 36.5 Å². The van der Waals surface area contributed by atoms with E-state index in [2.05, 4.69) is 47.5 Å². The third-order valence-corrected chi connectivity index (χ3v) is 9.80. The summed E-state index contributed by atoms with van der Waals surface area (Å²) in [5.41, 5.74) is 1.99. The molecule has 4 saturated carbocycles. The third kappa shape index (κ3) is 2.91. The van der Waals surface area contributed by atoms with Gasteiger partial charge in [-0.3, -0.25) is 4.79 Å². The lowest BCUT2D eigenvalue weighted by Gasteiger charge is -2.66. The predicted octanol–water partition coefficient (Wildman–Crippen LogP) is 4.91. The smallest absolute Gasteiger partial charge is 0.226 e. The van der Waals surface area contributed by atoms with Gasteiger partial charge in [-0.2, -0.15) is 0 Å². The molecule has 3 heterocycles. The van der Waals surface area contributed by atoms with Gasteiger partial charge in [-0.1, -0.05) is 43.7 Å². The summed E-state index contributed by atoms with van der Waals surface area (Å²) < 4.78 is 0. The lowest BCUT2D eigenvalue weighted by molar-refractivity contribution is -0.165. The normalized spacial score (nSPS) is 46.2. The minimum Gasteiger partial charge on any atom is -0.351 e. The average molecular weight is 407 g/mol. The molecular formula is C27H38N2O. The Bertz CT molecular complexity index is 815. The van der Waals surface area contributed by atoms with Crippen LogP contribution in [0.25, 0.3) is 0 Å². The highest BCUT2D eigenvalue weighted by Gasteiger charge is 2.65. The molecule has 7 aliphatic rings. The van der Waals surface area contributed by atoms with E-state index in [4.69, 9.17) is 0 Å². The van der Waals surface area contributed by atoms with Crippen molar-refractivity contribution in [1.29, 1.82) is 0 Å². The Morgan fingerprint density at radius 1 is 1.07 bits per heavy atom. The quantitative estimate of drug-likeness (QED) is 0.754. The van der Waals surface area contributed by atoms with Crippen molar-refractivity contribution in [1.82, 2.24) is 10.2 Å². The number of carbonyl (C=O) groups excluding carboxylic acids is 1. The summed E-state index contributed by atoms with van der Waals surface area (Å²) in [7, 11) is 0. The van der Waals surface area contributed by atoms with E-state index in [1.165, 1.54) is 63.6 Å². The summed E-state index contributed by atoms with van der Waals surface area (Å²) in [6.07, 6.45) is 12.4. The highest BCUT2D eigenvalue weighted by atomic mass is 16.2. The standard InChI is InChI=1S/C27H38N2O/c1-2-10-25-13-20-14-26(17-25,22-6-4-3-5-7-22)19-27(15-20,18-25)24(30)28-23-16-29-11-8-21(23)9-12-29/h3-7,20-21,23H,2,8-19H2,1H3,(H,28,30)/t20?,23-,25+,26+,27?/m0/s1. The molecule has 3 heteroatoms. The van der Waals surface area contributed by atoms with Crippen LogP contribution in [0.5, 0.6) is 0 Å². The molecule has 0 radical (unpaired) electrons. The first-order chi connectivity index (χ1) is 14.5. The van der Waals surface area contributed by atoms with Crippen LogP contribution in [0, 0.1) is 22.7 Å². The SMILES string of the molecule is CCC[C@]12CC3CC(C(=O)N[C@H]4CN5CCC4CC5)(C1)C[C@@](c1ccccc1)(C3)C2. The molecule has 1 aromatic rings. The van der Waals surface area contributed by atoms with E-state index in [9.17, 15) is 4.79 Å². The van der Waals surface area contributed by atoms with Gasteiger partial charge >= 0.3 is 0 Å². The monoisotopic (exact) mass is 406 g/mol. The van der Waals surface area contributed by atoms with E-state index in [0.29, 0.717) is 23.3 Å². The van der Waals surface area contributed by atoms with Crippen molar-refractivity contribution in [2.75, 3.05) is 19.6 Å². The molecule has 162 valence electrons. The molecule has 3 nitrogen and oxygen atoms in total. The van der Waals surface area contributed by atoms with E-state index < -0.39 is 0 Å². The molecule has 5 atom stereocenters. The Hall–Kier alpha value is -1.35. The van der Waals surface area contributed by atoms with Crippen molar-refractivity contribution in [3.8, 4) is 0 Å². The van der Waals surface area contributed by atoms with Gasteiger partial charge in [0.15, 0.2) is 0 Å². The Balaban J connectivity index is 1.33. The molecule has 1 N–H and O–H groups in total. The van der Waals surface area contributed by atoms with E-state index >= 15 is 0 Å². The summed E-state index contributed by atoms with van der Waals surface area (Å²) in [6, 6.07) is 11.7. The molecule has 1 amide bonds. The van der Waals surface area contributed by atoms with E-state index in [1.807, 2.05) is 0 Å². The zero-order valence-electron chi connectivity index (χ0n) is 18.7. The summed E-state index contributed by atoms with van der Waals surface area (Å²) in [5.74, 6) is 1.86. The second kappa shape index (κ2) is 6.82. The first kappa shape index (κ1) is 19.3. The van der Waals surface area contributed by atoms with Crippen molar-refractivity contribution in [2.45, 2.75) is 82.6 Å². The van der Waals surface area contributed by atoms with Gasteiger partial charge in [0.25, 0.3) is 0 Å². The van der Waals surface area contributed by atoms with Crippen molar-refractivity contribution >= 4 is 5.91 Å². The number of fused-ring (bicyclic) bond motifs is 3. The Morgan fingerprint density at radius 3 is 2.57 bits per heavy atom. The lowest BCUT2D eigenvalue weighted by atomic mass is 9.37. The maximum atomic E-state index is 14.0. The molecule has 0 spiro atoms. The average Bonchev–Trinajstić information content (AvgIpc) is 2.74. The van der Waals surface area contributed by atoms with E-state index in [0.717, 1.165) is 31.7 Å². The van der Waals surface area contributed by atoms with Crippen LogP contribution >= 0.6 is 0 Å². The minimum absolute atomic E-state index is 0.129. The molecule has 7 fully saturated rings. The topological polar surface area (TPSA) is 32.3 Å². The number of nitrogens with one attached hydrogen (secondary N) is 1. The maximum absolute atomic E-state index is 14.0.